The summed E-state index contributed by atoms with van der Waals surface area (Å²) in [6.45, 7) is 1.83. The molecule has 0 fully saturated rings. The molecule has 0 saturated heterocycles. The van der Waals surface area contributed by atoms with Gasteiger partial charge in [-0.25, -0.2) is 19.4 Å². The van der Waals surface area contributed by atoms with Crippen LogP contribution in [0.3, 0.4) is 0 Å². The Balaban J connectivity index is 1.40. The van der Waals surface area contributed by atoms with Gasteiger partial charge < -0.3 is 16.0 Å². The number of carbonyl (C=O) groups is 1. The lowest BCUT2D eigenvalue weighted by Gasteiger charge is -2.11. The summed E-state index contributed by atoms with van der Waals surface area (Å²) in [5, 5.41) is 13.1. The van der Waals surface area contributed by atoms with Crippen molar-refractivity contribution in [2.45, 2.75) is 11.8 Å². The van der Waals surface area contributed by atoms with Gasteiger partial charge in [-0.15, -0.1) is 11.8 Å². The molecule has 2 aromatic carbocycles. The smallest absolute Gasteiger partial charge is 0.323 e. The molecule has 8 nitrogen and oxygen atoms in total. The van der Waals surface area contributed by atoms with E-state index in [1.165, 1.54) is 0 Å². The molecule has 9 heteroatoms. The van der Waals surface area contributed by atoms with E-state index in [0.29, 0.717) is 23.1 Å². The molecule has 156 valence electrons. The van der Waals surface area contributed by atoms with Gasteiger partial charge in [0.25, 0.3) is 0 Å². The number of aromatic nitrogens is 4. The number of urea groups is 1. The first-order valence-corrected chi connectivity index (χ1v) is 10.8. The molecule has 3 N–H and O–H groups in total. The second kappa shape index (κ2) is 9.31. The van der Waals surface area contributed by atoms with Crippen molar-refractivity contribution in [3.8, 4) is 5.82 Å². The minimum atomic E-state index is -0.297. The third-order valence-corrected chi connectivity index (χ3v) is 5.03. The van der Waals surface area contributed by atoms with Crippen molar-refractivity contribution < 1.29 is 4.79 Å². The van der Waals surface area contributed by atoms with E-state index in [-0.39, 0.29) is 6.03 Å². The maximum atomic E-state index is 12.3. The Bertz CT molecular complexity index is 1180. The minimum Gasteiger partial charge on any atom is -0.340 e. The molecule has 2 heterocycles. The second-order valence-corrected chi connectivity index (χ2v) is 7.50. The molecule has 2 aromatic heterocycles. The number of anilines is 4. The average Bonchev–Trinajstić information content (AvgIpc) is 3.30. The first-order chi connectivity index (χ1) is 15.1. The summed E-state index contributed by atoms with van der Waals surface area (Å²) in [5.74, 6) is 1.97. The van der Waals surface area contributed by atoms with Crippen LogP contribution in [0.5, 0.6) is 0 Å². The third-order valence-electron chi connectivity index (χ3n) is 4.31. The summed E-state index contributed by atoms with van der Waals surface area (Å²) in [6.07, 6.45) is 5.52. The van der Waals surface area contributed by atoms with Gasteiger partial charge in [0.05, 0.1) is 0 Å². The normalized spacial score (nSPS) is 10.5. The number of hydrogen-bond donors (Lipinski definition) is 3. The predicted octanol–water partition coefficient (Wildman–Crippen LogP) is 5.08. The fourth-order valence-electron chi connectivity index (χ4n) is 2.92. The number of nitrogens with zero attached hydrogens (tertiary/aromatic N) is 4. The van der Waals surface area contributed by atoms with Crippen LogP contribution in [0.2, 0.25) is 0 Å². The van der Waals surface area contributed by atoms with Crippen molar-refractivity contribution in [2.75, 3.05) is 22.2 Å². The molecule has 0 radical (unpaired) electrons. The van der Waals surface area contributed by atoms with Crippen molar-refractivity contribution in [2.24, 2.45) is 0 Å². The summed E-state index contributed by atoms with van der Waals surface area (Å²) < 4.78 is 1.68. The zero-order valence-corrected chi connectivity index (χ0v) is 17.9. The summed E-state index contributed by atoms with van der Waals surface area (Å²) >= 11 is 1.62. The molecular formula is C22H21N7OS. The van der Waals surface area contributed by atoms with E-state index in [4.69, 9.17) is 0 Å². The van der Waals surface area contributed by atoms with Crippen LogP contribution >= 0.6 is 11.8 Å². The molecule has 0 saturated carbocycles. The molecule has 0 spiro atoms. The van der Waals surface area contributed by atoms with Crippen LogP contribution in [0.15, 0.2) is 78.0 Å². The Kier molecular flexibility index (Phi) is 6.13. The Morgan fingerprint density at radius 2 is 1.71 bits per heavy atom. The van der Waals surface area contributed by atoms with Crippen molar-refractivity contribution in [3.05, 3.63) is 78.9 Å². The summed E-state index contributed by atoms with van der Waals surface area (Å²) in [4.78, 5) is 22.2. The van der Waals surface area contributed by atoms with E-state index < -0.39 is 0 Å². The lowest BCUT2D eigenvalue weighted by atomic mass is 10.2. The zero-order valence-electron chi connectivity index (χ0n) is 17.0. The molecule has 0 atom stereocenters. The van der Waals surface area contributed by atoms with Gasteiger partial charge in [-0.1, -0.05) is 6.07 Å². The summed E-state index contributed by atoms with van der Waals surface area (Å²) in [7, 11) is 0. The van der Waals surface area contributed by atoms with Gasteiger partial charge in [-0.3, -0.25) is 0 Å². The molecule has 0 bridgehead atoms. The molecule has 4 rings (SSSR count). The molecule has 0 unspecified atom stereocenters. The zero-order chi connectivity index (χ0) is 21.6. The number of carbonyl (C=O) groups excluding carboxylic acids is 1. The van der Waals surface area contributed by atoms with Crippen LogP contribution in [0, 0.1) is 6.92 Å². The van der Waals surface area contributed by atoms with Gasteiger partial charge >= 0.3 is 6.03 Å². The highest BCUT2D eigenvalue weighted by atomic mass is 32.2. The summed E-state index contributed by atoms with van der Waals surface area (Å²) in [6, 6.07) is 18.4. The average molecular weight is 432 g/mol. The van der Waals surface area contributed by atoms with Crippen LogP contribution in [0.4, 0.5) is 27.7 Å². The van der Waals surface area contributed by atoms with Gasteiger partial charge in [0.15, 0.2) is 5.82 Å². The lowest BCUT2D eigenvalue weighted by molar-refractivity contribution is 0.262. The van der Waals surface area contributed by atoms with E-state index in [1.807, 2.05) is 80.0 Å². The topological polar surface area (TPSA) is 96.8 Å². The highest BCUT2D eigenvalue weighted by Crippen LogP contribution is 2.21. The van der Waals surface area contributed by atoms with Crippen molar-refractivity contribution in [1.29, 1.82) is 0 Å². The van der Waals surface area contributed by atoms with Crippen molar-refractivity contribution in [1.82, 2.24) is 19.7 Å². The van der Waals surface area contributed by atoms with Gasteiger partial charge in [0, 0.05) is 40.4 Å². The van der Waals surface area contributed by atoms with E-state index in [0.717, 1.165) is 16.3 Å². The van der Waals surface area contributed by atoms with E-state index >= 15 is 0 Å². The van der Waals surface area contributed by atoms with Crippen molar-refractivity contribution in [3.63, 3.8) is 0 Å². The molecule has 31 heavy (non-hydrogen) atoms. The predicted molar refractivity (Wildman–Crippen MR) is 124 cm³/mol. The fourth-order valence-corrected chi connectivity index (χ4v) is 3.38. The standard InChI is InChI=1S/C22H21N7OS/c1-15-24-20(14-21(25-15)29-12-4-11-23-29)26-16-7-9-17(10-8-16)27-22(30)28-18-5-3-6-19(13-18)31-2/h3-14H,1-2H3,(H,24,25,26)(H2,27,28,30). The maximum absolute atomic E-state index is 12.3. The number of hydrogen-bond acceptors (Lipinski definition) is 6. The SMILES string of the molecule is CSc1cccc(NC(=O)Nc2ccc(Nc3cc(-n4cccn4)nc(C)n3)cc2)c1. The fraction of sp³-hybridized carbons (Fsp3) is 0.0909. The van der Waals surface area contributed by atoms with Gasteiger partial charge in [-0.2, -0.15) is 5.10 Å². The number of rotatable bonds is 6. The number of aryl methyl sites for hydroxylation is 1. The van der Waals surface area contributed by atoms with Crippen LogP contribution in [0.1, 0.15) is 5.82 Å². The molecule has 4 aromatic rings. The maximum Gasteiger partial charge on any atom is 0.323 e. The quantitative estimate of drug-likeness (QED) is 0.368. The van der Waals surface area contributed by atoms with Gasteiger partial charge in [-0.05, 0) is 61.7 Å². The molecule has 0 aliphatic rings. The largest absolute Gasteiger partial charge is 0.340 e. The Morgan fingerprint density at radius 3 is 2.45 bits per heavy atom. The summed E-state index contributed by atoms with van der Waals surface area (Å²) in [5.41, 5.74) is 2.26. The van der Waals surface area contributed by atoms with E-state index in [2.05, 4.69) is 31.0 Å². The number of nitrogens with one attached hydrogen (secondary N) is 3. The van der Waals surface area contributed by atoms with Crippen LogP contribution in [-0.4, -0.2) is 32.0 Å². The first-order valence-electron chi connectivity index (χ1n) is 9.54. The number of amides is 2. The first kappa shape index (κ1) is 20.4. The Morgan fingerprint density at radius 1 is 0.935 bits per heavy atom. The molecule has 0 aliphatic carbocycles. The van der Waals surface area contributed by atoms with Crippen LogP contribution in [-0.2, 0) is 0 Å². The third kappa shape index (κ3) is 5.40. The minimum absolute atomic E-state index is 0.297. The van der Waals surface area contributed by atoms with Gasteiger partial charge in [0.2, 0.25) is 0 Å². The van der Waals surface area contributed by atoms with E-state index in [9.17, 15) is 4.79 Å². The molecule has 2 amide bonds. The highest BCUT2D eigenvalue weighted by Gasteiger charge is 2.06. The van der Waals surface area contributed by atoms with Gasteiger partial charge in [0.1, 0.15) is 11.6 Å². The monoisotopic (exact) mass is 431 g/mol. The highest BCUT2D eigenvalue weighted by molar-refractivity contribution is 7.98. The molecular weight excluding hydrogens is 410 g/mol. The Hall–Kier alpha value is -3.85. The van der Waals surface area contributed by atoms with E-state index in [1.54, 1.807) is 22.6 Å². The number of thioether (sulfide) groups is 1. The molecule has 0 aliphatic heterocycles. The Labute approximate surface area is 184 Å². The van der Waals surface area contributed by atoms with Crippen LogP contribution in [0.25, 0.3) is 5.82 Å². The lowest BCUT2D eigenvalue weighted by Crippen LogP contribution is -2.19. The van der Waals surface area contributed by atoms with Crippen LogP contribution < -0.4 is 16.0 Å². The second-order valence-electron chi connectivity index (χ2n) is 6.62. The van der Waals surface area contributed by atoms with Crippen molar-refractivity contribution >= 4 is 40.7 Å². The number of benzene rings is 2.